The molecule has 6 heteroatoms. The SMILES string of the molecule is CC(C)(CS(C)(=O)=O)c1ccc(-c2cnoc2N)cc1. The number of hydrogen-bond donors (Lipinski definition) is 1. The molecule has 0 amide bonds. The average Bonchev–Trinajstić information content (AvgIpc) is 2.72. The first-order valence-electron chi connectivity index (χ1n) is 6.18. The second kappa shape index (κ2) is 4.94. The predicted molar refractivity (Wildman–Crippen MR) is 79.1 cm³/mol. The molecule has 0 spiro atoms. The topological polar surface area (TPSA) is 86.2 Å². The third-order valence-corrected chi connectivity index (χ3v) is 4.44. The van der Waals surface area contributed by atoms with Crippen molar-refractivity contribution in [2.75, 3.05) is 17.7 Å². The average molecular weight is 294 g/mol. The van der Waals surface area contributed by atoms with Crippen LogP contribution >= 0.6 is 0 Å². The monoisotopic (exact) mass is 294 g/mol. The third-order valence-electron chi connectivity index (χ3n) is 3.20. The van der Waals surface area contributed by atoms with Gasteiger partial charge in [0.15, 0.2) is 0 Å². The Morgan fingerprint density at radius 1 is 1.25 bits per heavy atom. The largest absolute Gasteiger partial charge is 0.367 e. The van der Waals surface area contributed by atoms with E-state index in [1.54, 1.807) is 6.20 Å². The van der Waals surface area contributed by atoms with Crippen LogP contribution in [0.3, 0.4) is 0 Å². The second-order valence-corrected chi connectivity index (χ2v) is 7.78. The molecule has 0 saturated carbocycles. The second-order valence-electron chi connectivity index (χ2n) is 5.64. The predicted octanol–water partition coefficient (Wildman–Crippen LogP) is 2.25. The summed E-state index contributed by atoms with van der Waals surface area (Å²) in [6.45, 7) is 3.83. The van der Waals surface area contributed by atoms with Gasteiger partial charge in [-0.2, -0.15) is 0 Å². The minimum Gasteiger partial charge on any atom is -0.367 e. The van der Waals surface area contributed by atoms with Gasteiger partial charge in [0.1, 0.15) is 9.84 Å². The van der Waals surface area contributed by atoms with Gasteiger partial charge in [0, 0.05) is 11.7 Å². The molecule has 1 heterocycles. The van der Waals surface area contributed by atoms with E-state index in [1.807, 2.05) is 38.1 Å². The number of sulfone groups is 1. The van der Waals surface area contributed by atoms with Crippen LogP contribution in [-0.4, -0.2) is 25.6 Å². The first-order valence-corrected chi connectivity index (χ1v) is 8.24. The van der Waals surface area contributed by atoms with Crippen LogP contribution in [0, 0.1) is 0 Å². The van der Waals surface area contributed by atoms with Gasteiger partial charge in [0.25, 0.3) is 0 Å². The Hall–Kier alpha value is -1.82. The van der Waals surface area contributed by atoms with E-state index in [0.717, 1.165) is 16.7 Å². The number of hydrogen-bond acceptors (Lipinski definition) is 5. The third kappa shape index (κ3) is 3.19. The highest BCUT2D eigenvalue weighted by Gasteiger charge is 2.25. The summed E-state index contributed by atoms with van der Waals surface area (Å²) >= 11 is 0. The molecule has 2 N–H and O–H groups in total. The summed E-state index contributed by atoms with van der Waals surface area (Å²) < 4.78 is 27.8. The Labute approximate surface area is 118 Å². The normalized spacial score (nSPS) is 12.6. The summed E-state index contributed by atoms with van der Waals surface area (Å²) in [4.78, 5) is 0. The maximum absolute atomic E-state index is 11.5. The lowest BCUT2D eigenvalue weighted by molar-refractivity contribution is 0.436. The van der Waals surface area contributed by atoms with Crippen molar-refractivity contribution in [3.05, 3.63) is 36.0 Å². The van der Waals surface area contributed by atoms with Gasteiger partial charge in [-0.05, 0) is 11.1 Å². The molecule has 0 unspecified atom stereocenters. The number of benzene rings is 1. The van der Waals surface area contributed by atoms with Gasteiger partial charge < -0.3 is 10.3 Å². The number of nitrogens with two attached hydrogens (primary N) is 1. The Morgan fingerprint density at radius 2 is 1.85 bits per heavy atom. The van der Waals surface area contributed by atoms with Gasteiger partial charge in [-0.1, -0.05) is 43.3 Å². The molecule has 0 aliphatic carbocycles. The Balaban J connectivity index is 2.31. The molecule has 5 nitrogen and oxygen atoms in total. The van der Waals surface area contributed by atoms with E-state index in [-0.39, 0.29) is 11.6 Å². The van der Waals surface area contributed by atoms with E-state index >= 15 is 0 Å². The van der Waals surface area contributed by atoms with Crippen LogP contribution in [0.4, 0.5) is 5.88 Å². The summed E-state index contributed by atoms with van der Waals surface area (Å²) in [6.07, 6.45) is 2.81. The van der Waals surface area contributed by atoms with Crippen molar-refractivity contribution in [2.45, 2.75) is 19.3 Å². The minimum absolute atomic E-state index is 0.106. The molecule has 20 heavy (non-hydrogen) atoms. The lowest BCUT2D eigenvalue weighted by Gasteiger charge is -2.24. The Morgan fingerprint density at radius 3 is 2.30 bits per heavy atom. The lowest BCUT2D eigenvalue weighted by atomic mass is 9.86. The van der Waals surface area contributed by atoms with Crippen LogP contribution in [0.15, 0.2) is 35.0 Å². The number of nitrogens with zero attached hydrogens (tertiary/aromatic N) is 1. The highest BCUT2D eigenvalue weighted by molar-refractivity contribution is 7.90. The van der Waals surface area contributed by atoms with E-state index in [0.29, 0.717) is 0 Å². The van der Waals surface area contributed by atoms with Crippen molar-refractivity contribution in [2.24, 2.45) is 0 Å². The first kappa shape index (κ1) is 14.6. The molecule has 1 aromatic carbocycles. The molecule has 1 aromatic heterocycles. The zero-order chi connectivity index (χ0) is 15.0. The Kier molecular flexibility index (Phi) is 3.60. The van der Waals surface area contributed by atoms with Gasteiger partial charge in [-0.15, -0.1) is 0 Å². The summed E-state index contributed by atoms with van der Waals surface area (Å²) in [6, 6.07) is 7.60. The van der Waals surface area contributed by atoms with Crippen LogP contribution in [0.5, 0.6) is 0 Å². The number of aromatic nitrogens is 1. The van der Waals surface area contributed by atoms with Gasteiger partial charge in [0.2, 0.25) is 5.88 Å². The van der Waals surface area contributed by atoms with Crippen LogP contribution in [-0.2, 0) is 15.3 Å². The zero-order valence-electron chi connectivity index (χ0n) is 11.8. The fourth-order valence-electron chi connectivity index (χ4n) is 2.31. The molecule has 0 radical (unpaired) electrons. The van der Waals surface area contributed by atoms with Gasteiger partial charge in [0.05, 0.1) is 17.5 Å². The molecule has 0 fully saturated rings. The van der Waals surface area contributed by atoms with E-state index in [9.17, 15) is 8.42 Å². The molecule has 108 valence electrons. The molecule has 0 aliphatic rings. The molecule has 2 rings (SSSR count). The molecular weight excluding hydrogens is 276 g/mol. The molecule has 2 aromatic rings. The van der Waals surface area contributed by atoms with E-state index in [1.165, 1.54) is 6.26 Å². The maximum atomic E-state index is 11.5. The first-order chi connectivity index (χ1) is 9.19. The van der Waals surface area contributed by atoms with Crippen molar-refractivity contribution in [1.29, 1.82) is 0 Å². The van der Waals surface area contributed by atoms with Crippen LogP contribution in [0.1, 0.15) is 19.4 Å². The lowest BCUT2D eigenvalue weighted by Crippen LogP contribution is -2.27. The summed E-state index contributed by atoms with van der Waals surface area (Å²) in [5.41, 5.74) is 7.82. The van der Waals surface area contributed by atoms with Gasteiger partial charge in [-0.3, -0.25) is 0 Å². The fraction of sp³-hybridized carbons (Fsp3) is 0.357. The van der Waals surface area contributed by atoms with Crippen LogP contribution in [0.25, 0.3) is 11.1 Å². The number of rotatable bonds is 4. The van der Waals surface area contributed by atoms with E-state index in [4.69, 9.17) is 10.3 Å². The van der Waals surface area contributed by atoms with Crippen molar-refractivity contribution in [3.8, 4) is 11.1 Å². The summed E-state index contributed by atoms with van der Waals surface area (Å²) in [5.74, 6) is 0.377. The number of anilines is 1. The minimum atomic E-state index is -3.04. The van der Waals surface area contributed by atoms with Crippen LogP contribution in [0.2, 0.25) is 0 Å². The quantitative estimate of drug-likeness (QED) is 0.934. The molecule has 0 saturated heterocycles. The summed E-state index contributed by atoms with van der Waals surface area (Å²) in [7, 11) is -3.04. The highest BCUT2D eigenvalue weighted by atomic mass is 32.2. The van der Waals surface area contributed by atoms with Crippen molar-refractivity contribution in [3.63, 3.8) is 0 Å². The van der Waals surface area contributed by atoms with Gasteiger partial charge in [-0.25, -0.2) is 8.42 Å². The molecule has 0 bridgehead atoms. The highest BCUT2D eigenvalue weighted by Crippen LogP contribution is 2.29. The fourth-order valence-corrected chi connectivity index (χ4v) is 3.78. The summed E-state index contributed by atoms with van der Waals surface area (Å²) in [5, 5.41) is 3.64. The van der Waals surface area contributed by atoms with Crippen molar-refractivity contribution in [1.82, 2.24) is 5.16 Å². The maximum Gasteiger partial charge on any atom is 0.229 e. The van der Waals surface area contributed by atoms with E-state index in [2.05, 4.69) is 5.16 Å². The van der Waals surface area contributed by atoms with Crippen LogP contribution < -0.4 is 5.73 Å². The van der Waals surface area contributed by atoms with Gasteiger partial charge >= 0.3 is 0 Å². The standard InChI is InChI=1S/C14H18N2O3S/c1-14(2,9-20(3,17)18)11-6-4-10(5-7-11)12-8-16-19-13(12)15/h4-8H,9,15H2,1-3H3. The molecule has 0 aliphatic heterocycles. The van der Waals surface area contributed by atoms with Crippen molar-refractivity contribution >= 4 is 15.7 Å². The zero-order valence-corrected chi connectivity index (χ0v) is 12.6. The Bertz CT molecular complexity index is 700. The van der Waals surface area contributed by atoms with Crippen molar-refractivity contribution < 1.29 is 12.9 Å². The number of nitrogen functional groups attached to an aromatic ring is 1. The van der Waals surface area contributed by atoms with E-state index < -0.39 is 15.3 Å². The molecule has 0 atom stereocenters. The molecular formula is C14H18N2O3S. The smallest absolute Gasteiger partial charge is 0.229 e.